The van der Waals surface area contributed by atoms with Crippen molar-refractivity contribution in [3.8, 4) is 6.07 Å². The molecule has 31 heavy (non-hydrogen) atoms. The minimum atomic E-state index is -0.203. The van der Waals surface area contributed by atoms with Gasteiger partial charge in [-0.1, -0.05) is 24.3 Å². The fraction of sp³-hybridized carbons (Fsp3) is 0.167. The number of nitriles is 1. The summed E-state index contributed by atoms with van der Waals surface area (Å²) in [5.74, 6) is -0.148. The molecular formula is C24H22N4O2S. The van der Waals surface area contributed by atoms with Crippen LogP contribution in [0, 0.1) is 11.3 Å². The molecule has 2 aromatic carbocycles. The second-order valence-electron chi connectivity index (χ2n) is 6.82. The molecule has 0 saturated heterocycles. The molecule has 2 amide bonds. The van der Waals surface area contributed by atoms with E-state index in [1.54, 1.807) is 48.5 Å². The number of rotatable bonds is 8. The van der Waals surface area contributed by atoms with Crippen molar-refractivity contribution in [1.29, 1.82) is 5.26 Å². The summed E-state index contributed by atoms with van der Waals surface area (Å²) in [7, 11) is 1.77. The molecule has 0 atom stereocenters. The molecule has 0 spiro atoms. The lowest BCUT2D eigenvalue weighted by molar-refractivity contribution is -0.113. The van der Waals surface area contributed by atoms with E-state index in [0.29, 0.717) is 29.8 Å². The van der Waals surface area contributed by atoms with Crippen LogP contribution in [0.15, 0.2) is 77.8 Å². The lowest BCUT2D eigenvalue weighted by atomic mass is 10.2. The third-order valence-corrected chi connectivity index (χ3v) is 5.60. The molecule has 156 valence electrons. The first-order valence-electron chi connectivity index (χ1n) is 9.74. The zero-order chi connectivity index (χ0) is 22.1. The summed E-state index contributed by atoms with van der Waals surface area (Å²) in [4.78, 5) is 32.0. The van der Waals surface area contributed by atoms with Gasteiger partial charge in [0, 0.05) is 42.5 Å². The summed E-state index contributed by atoms with van der Waals surface area (Å²) in [5, 5.41) is 11.8. The summed E-state index contributed by atoms with van der Waals surface area (Å²) >= 11 is 1.31. The van der Waals surface area contributed by atoms with E-state index in [-0.39, 0.29) is 17.6 Å². The number of nitrogens with zero attached hydrogens (tertiary/aromatic N) is 3. The highest BCUT2D eigenvalue weighted by Gasteiger charge is 2.17. The number of benzene rings is 2. The number of carbonyl (C=O) groups excluding carboxylic acids is 2. The van der Waals surface area contributed by atoms with Crippen LogP contribution in [0.4, 0.5) is 5.69 Å². The number of nitrogens with one attached hydrogen (secondary N) is 1. The average molecular weight is 431 g/mol. The quantitative estimate of drug-likeness (QED) is 0.546. The Kier molecular flexibility index (Phi) is 7.79. The predicted octanol–water partition coefficient (Wildman–Crippen LogP) is 4.00. The molecule has 0 aliphatic carbocycles. The SMILES string of the molecule is CN(CCc1ccccn1)C(=O)c1ccccc1SCC(=O)Nc1cccc(C#N)c1. The highest BCUT2D eigenvalue weighted by Crippen LogP contribution is 2.24. The number of hydrogen-bond acceptors (Lipinski definition) is 5. The second kappa shape index (κ2) is 11.0. The number of amides is 2. The molecule has 0 radical (unpaired) electrons. The van der Waals surface area contributed by atoms with Crippen LogP contribution < -0.4 is 5.32 Å². The highest BCUT2D eigenvalue weighted by molar-refractivity contribution is 8.00. The molecule has 1 N–H and O–H groups in total. The molecule has 6 nitrogen and oxygen atoms in total. The monoisotopic (exact) mass is 430 g/mol. The van der Waals surface area contributed by atoms with Crippen molar-refractivity contribution < 1.29 is 9.59 Å². The first-order valence-corrected chi connectivity index (χ1v) is 10.7. The molecule has 0 fully saturated rings. The maximum Gasteiger partial charge on any atom is 0.254 e. The molecular weight excluding hydrogens is 408 g/mol. The molecule has 1 aromatic heterocycles. The molecule has 0 aliphatic heterocycles. The van der Waals surface area contributed by atoms with Crippen LogP contribution in [-0.2, 0) is 11.2 Å². The van der Waals surface area contributed by atoms with Crippen LogP contribution in [0.2, 0.25) is 0 Å². The van der Waals surface area contributed by atoms with Crippen molar-refractivity contribution in [2.45, 2.75) is 11.3 Å². The van der Waals surface area contributed by atoms with E-state index in [1.165, 1.54) is 11.8 Å². The number of thioether (sulfide) groups is 1. The van der Waals surface area contributed by atoms with Crippen LogP contribution in [0.25, 0.3) is 0 Å². The van der Waals surface area contributed by atoms with Gasteiger partial charge >= 0.3 is 0 Å². The van der Waals surface area contributed by atoms with Gasteiger partial charge in [0.15, 0.2) is 0 Å². The van der Waals surface area contributed by atoms with Crippen molar-refractivity contribution >= 4 is 29.3 Å². The number of anilines is 1. The Hall–Kier alpha value is -3.63. The van der Waals surface area contributed by atoms with E-state index in [1.807, 2.05) is 42.5 Å². The molecule has 7 heteroatoms. The van der Waals surface area contributed by atoms with Crippen LogP contribution in [0.5, 0.6) is 0 Å². The Bertz CT molecular complexity index is 1100. The molecule has 0 saturated carbocycles. The summed E-state index contributed by atoms with van der Waals surface area (Å²) in [5.41, 5.74) is 2.55. The standard InChI is InChI=1S/C24H22N4O2S/c1-28(14-12-19-8-4-5-13-26-19)24(30)21-10-2-3-11-22(21)31-17-23(29)27-20-9-6-7-18(15-20)16-25/h2-11,13,15H,12,14,17H2,1H3,(H,27,29). The van der Waals surface area contributed by atoms with Gasteiger partial charge in [0.1, 0.15) is 0 Å². The fourth-order valence-corrected chi connectivity index (χ4v) is 3.76. The number of aromatic nitrogens is 1. The fourth-order valence-electron chi connectivity index (χ4n) is 2.91. The third-order valence-electron chi connectivity index (χ3n) is 4.53. The Morgan fingerprint density at radius 3 is 2.68 bits per heavy atom. The lowest BCUT2D eigenvalue weighted by Crippen LogP contribution is -2.29. The molecule has 3 rings (SSSR count). The molecule has 1 heterocycles. The molecule has 0 unspecified atom stereocenters. The Balaban J connectivity index is 1.59. The van der Waals surface area contributed by atoms with Gasteiger partial charge in [0.25, 0.3) is 5.91 Å². The molecule has 3 aromatic rings. The highest BCUT2D eigenvalue weighted by atomic mass is 32.2. The third kappa shape index (κ3) is 6.43. The number of likely N-dealkylation sites (N-methyl/N-ethyl adjacent to an activating group) is 1. The minimum absolute atomic E-state index is 0.0961. The predicted molar refractivity (Wildman–Crippen MR) is 122 cm³/mol. The summed E-state index contributed by atoms with van der Waals surface area (Å²) in [6, 6.07) is 21.8. The lowest BCUT2D eigenvalue weighted by Gasteiger charge is -2.18. The van der Waals surface area contributed by atoms with Crippen LogP contribution >= 0.6 is 11.8 Å². The maximum atomic E-state index is 13.0. The van der Waals surface area contributed by atoms with Gasteiger partial charge in [-0.05, 0) is 42.5 Å². The summed E-state index contributed by atoms with van der Waals surface area (Å²) < 4.78 is 0. The van der Waals surface area contributed by atoms with Gasteiger partial charge in [-0.3, -0.25) is 14.6 Å². The van der Waals surface area contributed by atoms with E-state index < -0.39 is 0 Å². The smallest absolute Gasteiger partial charge is 0.254 e. The number of hydrogen-bond donors (Lipinski definition) is 1. The summed E-state index contributed by atoms with van der Waals surface area (Å²) in [6.07, 6.45) is 2.41. The zero-order valence-electron chi connectivity index (χ0n) is 17.1. The van der Waals surface area contributed by atoms with Crippen LogP contribution in [0.1, 0.15) is 21.6 Å². The maximum absolute atomic E-state index is 13.0. The van der Waals surface area contributed by atoms with Crippen molar-refractivity contribution in [2.24, 2.45) is 0 Å². The molecule has 0 aliphatic rings. The Morgan fingerprint density at radius 2 is 1.90 bits per heavy atom. The average Bonchev–Trinajstić information content (AvgIpc) is 2.81. The second-order valence-corrected chi connectivity index (χ2v) is 7.84. The van der Waals surface area contributed by atoms with Gasteiger partial charge in [-0.15, -0.1) is 11.8 Å². The van der Waals surface area contributed by atoms with Crippen molar-refractivity contribution in [3.05, 3.63) is 89.7 Å². The topological polar surface area (TPSA) is 86.1 Å². The largest absolute Gasteiger partial charge is 0.341 e. The first-order chi connectivity index (χ1) is 15.1. The van der Waals surface area contributed by atoms with E-state index >= 15 is 0 Å². The number of carbonyl (C=O) groups is 2. The van der Waals surface area contributed by atoms with Gasteiger partial charge in [-0.2, -0.15) is 5.26 Å². The van der Waals surface area contributed by atoms with E-state index in [4.69, 9.17) is 5.26 Å². The van der Waals surface area contributed by atoms with E-state index in [9.17, 15) is 9.59 Å². The van der Waals surface area contributed by atoms with Gasteiger partial charge < -0.3 is 10.2 Å². The van der Waals surface area contributed by atoms with Gasteiger partial charge in [0.2, 0.25) is 5.91 Å². The van der Waals surface area contributed by atoms with Crippen molar-refractivity contribution in [2.75, 3.05) is 24.7 Å². The minimum Gasteiger partial charge on any atom is -0.341 e. The van der Waals surface area contributed by atoms with E-state index in [0.717, 1.165) is 10.6 Å². The van der Waals surface area contributed by atoms with Crippen molar-refractivity contribution in [3.63, 3.8) is 0 Å². The normalized spacial score (nSPS) is 10.2. The zero-order valence-corrected chi connectivity index (χ0v) is 17.9. The first kappa shape index (κ1) is 22.1. The Labute approximate surface area is 185 Å². The van der Waals surface area contributed by atoms with Crippen LogP contribution in [0.3, 0.4) is 0 Å². The van der Waals surface area contributed by atoms with E-state index in [2.05, 4.69) is 10.3 Å². The van der Waals surface area contributed by atoms with Crippen LogP contribution in [-0.4, -0.2) is 41.0 Å². The van der Waals surface area contributed by atoms with Gasteiger partial charge in [-0.25, -0.2) is 0 Å². The molecule has 0 bridgehead atoms. The van der Waals surface area contributed by atoms with Gasteiger partial charge in [0.05, 0.1) is 22.9 Å². The van der Waals surface area contributed by atoms with Crippen molar-refractivity contribution in [1.82, 2.24) is 9.88 Å². The Morgan fingerprint density at radius 1 is 1.10 bits per heavy atom. The number of pyridine rings is 1. The summed E-state index contributed by atoms with van der Waals surface area (Å²) in [6.45, 7) is 0.546.